The molecule has 23 heavy (non-hydrogen) atoms. The van der Waals surface area contributed by atoms with Gasteiger partial charge in [0, 0.05) is 9.86 Å². The molecule has 0 aliphatic carbocycles. The standard InChI is InChI=1S/C14H15BrClNO6/c15-5-2-1-3-6-8(5)9(16)13(17-6)23-14-12(21)11(20)10(19)7(4-18)22-14/h1-3,7,10-12,14,17-21H,4H2/t7-,10+,11+,12-,14?/m1/s1. The SMILES string of the molecule is OC[C@H]1OC(Oc2[nH]c3cccc(Br)c3c2Cl)[C@H](O)[C@@H](O)[C@H]1O. The summed E-state index contributed by atoms with van der Waals surface area (Å²) in [6, 6.07) is 5.43. The molecule has 0 spiro atoms. The van der Waals surface area contributed by atoms with Gasteiger partial charge in [0.2, 0.25) is 12.2 Å². The molecular formula is C14H15BrClNO6. The van der Waals surface area contributed by atoms with Crippen molar-refractivity contribution in [2.24, 2.45) is 0 Å². The number of ether oxygens (including phenoxy) is 2. The van der Waals surface area contributed by atoms with Crippen molar-refractivity contribution < 1.29 is 29.9 Å². The van der Waals surface area contributed by atoms with E-state index in [1.54, 1.807) is 6.07 Å². The number of aromatic amines is 1. The number of nitrogens with one attached hydrogen (secondary N) is 1. The summed E-state index contributed by atoms with van der Waals surface area (Å²) in [4.78, 5) is 2.95. The van der Waals surface area contributed by atoms with Crippen LogP contribution in [0.1, 0.15) is 0 Å². The van der Waals surface area contributed by atoms with Crippen molar-refractivity contribution in [1.82, 2.24) is 4.98 Å². The van der Waals surface area contributed by atoms with Gasteiger partial charge in [0.05, 0.1) is 12.1 Å². The van der Waals surface area contributed by atoms with Gasteiger partial charge in [-0.15, -0.1) is 0 Å². The minimum Gasteiger partial charge on any atom is -0.445 e. The maximum Gasteiger partial charge on any atom is 0.231 e. The van der Waals surface area contributed by atoms with Crippen LogP contribution in [0.2, 0.25) is 5.02 Å². The zero-order valence-electron chi connectivity index (χ0n) is 11.7. The van der Waals surface area contributed by atoms with Gasteiger partial charge >= 0.3 is 0 Å². The number of hydrogen-bond donors (Lipinski definition) is 5. The highest BCUT2D eigenvalue weighted by atomic mass is 79.9. The second-order valence-electron chi connectivity index (χ2n) is 5.25. The van der Waals surface area contributed by atoms with E-state index in [-0.39, 0.29) is 10.9 Å². The Labute approximate surface area is 144 Å². The summed E-state index contributed by atoms with van der Waals surface area (Å²) >= 11 is 9.67. The van der Waals surface area contributed by atoms with Gasteiger partial charge in [-0.2, -0.15) is 0 Å². The molecule has 9 heteroatoms. The molecule has 0 amide bonds. The Morgan fingerprint density at radius 2 is 1.96 bits per heavy atom. The molecule has 1 aliphatic rings. The molecule has 1 fully saturated rings. The van der Waals surface area contributed by atoms with E-state index < -0.39 is 37.3 Å². The molecule has 2 heterocycles. The number of fused-ring (bicyclic) bond motifs is 1. The monoisotopic (exact) mass is 407 g/mol. The van der Waals surface area contributed by atoms with Gasteiger partial charge in [0.15, 0.2) is 0 Å². The van der Waals surface area contributed by atoms with Gasteiger partial charge in [0.25, 0.3) is 0 Å². The maximum atomic E-state index is 9.99. The van der Waals surface area contributed by atoms with Gasteiger partial charge in [-0.25, -0.2) is 0 Å². The van der Waals surface area contributed by atoms with Crippen molar-refractivity contribution in [2.75, 3.05) is 6.61 Å². The van der Waals surface area contributed by atoms with Crippen LogP contribution in [-0.4, -0.2) is 62.7 Å². The van der Waals surface area contributed by atoms with Gasteiger partial charge in [-0.05, 0) is 12.1 Å². The van der Waals surface area contributed by atoms with Crippen LogP contribution < -0.4 is 4.74 Å². The number of aromatic nitrogens is 1. The Morgan fingerprint density at radius 3 is 2.61 bits per heavy atom. The fourth-order valence-corrected chi connectivity index (χ4v) is 3.48. The van der Waals surface area contributed by atoms with Crippen LogP contribution in [0.4, 0.5) is 0 Å². The van der Waals surface area contributed by atoms with Crippen LogP contribution >= 0.6 is 27.5 Å². The van der Waals surface area contributed by atoms with Crippen molar-refractivity contribution in [3.63, 3.8) is 0 Å². The number of aliphatic hydroxyl groups excluding tert-OH is 4. The Kier molecular flexibility index (Phi) is 4.84. The smallest absolute Gasteiger partial charge is 0.231 e. The molecular weight excluding hydrogens is 394 g/mol. The number of H-pyrrole nitrogens is 1. The normalized spacial score (nSPS) is 31.5. The quantitative estimate of drug-likeness (QED) is 0.512. The molecule has 3 rings (SSSR count). The van der Waals surface area contributed by atoms with E-state index in [9.17, 15) is 20.4 Å². The lowest BCUT2D eigenvalue weighted by atomic mass is 9.99. The average Bonchev–Trinajstić information content (AvgIpc) is 2.85. The van der Waals surface area contributed by atoms with Crippen molar-refractivity contribution in [3.05, 3.63) is 27.7 Å². The number of rotatable bonds is 3. The van der Waals surface area contributed by atoms with E-state index in [0.29, 0.717) is 10.9 Å². The predicted octanol–water partition coefficient (Wildman–Crippen LogP) is 0.762. The van der Waals surface area contributed by atoms with Gasteiger partial charge in [-0.1, -0.05) is 33.6 Å². The van der Waals surface area contributed by atoms with E-state index in [2.05, 4.69) is 20.9 Å². The molecule has 0 saturated carbocycles. The predicted molar refractivity (Wildman–Crippen MR) is 85.4 cm³/mol. The second kappa shape index (κ2) is 6.56. The topological polar surface area (TPSA) is 115 Å². The van der Waals surface area contributed by atoms with Gasteiger partial charge in [-0.3, -0.25) is 0 Å². The Hall–Kier alpha value is -0.870. The summed E-state index contributed by atoms with van der Waals surface area (Å²) in [5, 5.41) is 39.7. The summed E-state index contributed by atoms with van der Waals surface area (Å²) in [5.74, 6) is 0.151. The molecule has 1 unspecified atom stereocenters. The van der Waals surface area contributed by atoms with Crippen LogP contribution in [-0.2, 0) is 4.74 Å². The number of aliphatic hydroxyl groups is 4. The number of halogens is 2. The lowest BCUT2D eigenvalue weighted by Crippen LogP contribution is -2.60. The van der Waals surface area contributed by atoms with Gasteiger partial charge < -0.3 is 34.9 Å². The molecule has 1 aromatic carbocycles. The highest BCUT2D eigenvalue weighted by Gasteiger charge is 2.45. The van der Waals surface area contributed by atoms with Crippen LogP contribution in [0, 0.1) is 0 Å². The molecule has 126 valence electrons. The van der Waals surface area contributed by atoms with E-state index in [4.69, 9.17) is 21.1 Å². The minimum atomic E-state index is -1.51. The summed E-state index contributed by atoms with van der Waals surface area (Å²) in [6.07, 6.45) is -6.80. The number of benzene rings is 1. The van der Waals surface area contributed by atoms with E-state index in [0.717, 1.165) is 4.47 Å². The summed E-state index contributed by atoms with van der Waals surface area (Å²) < 4.78 is 11.6. The Balaban J connectivity index is 1.89. The third-order valence-electron chi connectivity index (χ3n) is 3.76. The lowest BCUT2D eigenvalue weighted by Gasteiger charge is -2.39. The number of hydrogen-bond acceptors (Lipinski definition) is 6. The molecule has 2 aromatic rings. The highest BCUT2D eigenvalue weighted by molar-refractivity contribution is 9.10. The van der Waals surface area contributed by atoms with Gasteiger partial charge in [0.1, 0.15) is 29.4 Å². The summed E-state index contributed by atoms with van der Waals surface area (Å²) in [5.41, 5.74) is 0.712. The summed E-state index contributed by atoms with van der Waals surface area (Å²) in [7, 11) is 0. The third kappa shape index (κ3) is 2.96. The molecule has 0 radical (unpaired) electrons. The molecule has 1 aromatic heterocycles. The molecule has 5 atom stereocenters. The van der Waals surface area contributed by atoms with E-state index in [1.165, 1.54) is 0 Å². The fourth-order valence-electron chi connectivity index (χ4n) is 2.50. The first-order valence-corrected chi connectivity index (χ1v) is 8.04. The van der Waals surface area contributed by atoms with Crippen LogP contribution in [0.25, 0.3) is 10.9 Å². The molecule has 5 N–H and O–H groups in total. The third-order valence-corrected chi connectivity index (χ3v) is 4.78. The van der Waals surface area contributed by atoms with Crippen molar-refractivity contribution in [2.45, 2.75) is 30.7 Å². The molecule has 7 nitrogen and oxygen atoms in total. The van der Waals surface area contributed by atoms with Crippen LogP contribution in [0.5, 0.6) is 5.88 Å². The zero-order chi connectivity index (χ0) is 16.7. The minimum absolute atomic E-state index is 0.151. The second-order valence-corrected chi connectivity index (χ2v) is 6.48. The highest BCUT2D eigenvalue weighted by Crippen LogP contribution is 2.38. The van der Waals surface area contributed by atoms with Crippen molar-refractivity contribution in [1.29, 1.82) is 0 Å². The Bertz CT molecular complexity index is 708. The van der Waals surface area contributed by atoms with Crippen LogP contribution in [0.3, 0.4) is 0 Å². The zero-order valence-corrected chi connectivity index (χ0v) is 14.0. The Morgan fingerprint density at radius 1 is 1.22 bits per heavy atom. The molecule has 1 saturated heterocycles. The fraction of sp³-hybridized carbons (Fsp3) is 0.429. The van der Waals surface area contributed by atoms with Crippen molar-refractivity contribution >= 4 is 38.4 Å². The first kappa shape index (κ1) is 17.0. The average molecular weight is 409 g/mol. The summed E-state index contributed by atoms with van der Waals surface area (Å²) in [6.45, 7) is -0.531. The largest absolute Gasteiger partial charge is 0.445 e. The van der Waals surface area contributed by atoms with Crippen LogP contribution in [0.15, 0.2) is 22.7 Å². The first-order valence-electron chi connectivity index (χ1n) is 6.87. The van der Waals surface area contributed by atoms with E-state index >= 15 is 0 Å². The van der Waals surface area contributed by atoms with Crippen molar-refractivity contribution in [3.8, 4) is 5.88 Å². The lowest BCUT2D eigenvalue weighted by molar-refractivity contribution is -0.278. The van der Waals surface area contributed by atoms with E-state index in [1.807, 2.05) is 12.1 Å². The molecule has 1 aliphatic heterocycles. The maximum absolute atomic E-state index is 9.99. The first-order chi connectivity index (χ1) is 10.9. The molecule has 0 bridgehead atoms.